The van der Waals surface area contributed by atoms with Gasteiger partial charge in [-0.15, -0.1) is 6.58 Å². The third kappa shape index (κ3) is 4.41. The fourth-order valence-electron chi connectivity index (χ4n) is 2.75. The summed E-state index contributed by atoms with van der Waals surface area (Å²) in [4.78, 5) is 38.1. The molecule has 1 fully saturated rings. The van der Waals surface area contributed by atoms with Gasteiger partial charge in [0, 0.05) is 19.5 Å². The summed E-state index contributed by atoms with van der Waals surface area (Å²) in [6.07, 6.45) is 0.645. The molecule has 0 bridgehead atoms. The number of ether oxygens (including phenoxy) is 2. The van der Waals surface area contributed by atoms with Crippen LogP contribution in [-0.2, 0) is 19.1 Å². The third-order valence-corrected chi connectivity index (χ3v) is 4.17. The average Bonchev–Trinajstić information content (AvgIpc) is 3.01. The summed E-state index contributed by atoms with van der Waals surface area (Å²) in [5, 5.41) is 2.56. The number of hydrogen-bond acceptors (Lipinski definition) is 5. The van der Waals surface area contributed by atoms with Gasteiger partial charge in [-0.05, 0) is 31.5 Å². The van der Waals surface area contributed by atoms with E-state index in [0.29, 0.717) is 18.0 Å². The van der Waals surface area contributed by atoms with Crippen LogP contribution in [0.4, 0.5) is 5.69 Å². The van der Waals surface area contributed by atoms with E-state index >= 15 is 0 Å². The number of rotatable bonds is 7. The number of carbonyl (C=O) groups excluding carboxylic acids is 3. The first kappa shape index (κ1) is 19.5. The second kappa shape index (κ2) is 8.51. The van der Waals surface area contributed by atoms with Crippen LogP contribution in [0.2, 0.25) is 0 Å². The molecule has 140 valence electrons. The Hall–Kier alpha value is -2.83. The molecule has 2 amide bonds. The van der Waals surface area contributed by atoms with Crippen LogP contribution in [0.25, 0.3) is 0 Å². The van der Waals surface area contributed by atoms with E-state index in [9.17, 15) is 14.4 Å². The molecule has 1 aromatic carbocycles. The zero-order valence-corrected chi connectivity index (χ0v) is 15.3. The van der Waals surface area contributed by atoms with Gasteiger partial charge >= 0.3 is 5.97 Å². The molecule has 0 spiro atoms. The van der Waals surface area contributed by atoms with E-state index in [-0.39, 0.29) is 18.9 Å². The predicted octanol–water partition coefficient (Wildman–Crippen LogP) is 1.59. The van der Waals surface area contributed by atoms with Crippen molar-refractivity contribution < 1.29 is 23.9 Å². The molecule has 0 aliphatic carbocycles. The standard InChI is InChI=1S/C19H24N2O5/c1-5-8-20-18(23)13(3)26-19(24)14-10-17(22)21(11-14)15-9-12(2)6-7-16(15)25-4/h5-7,9,13-14H,1,8,10-11H2,2-4H3,(H,20,23)/t13-,14-/m1/s1. The quantitative estimate of drug-likeness (QED) is 0.590. The maximum absolute atomic E-state index is 12.4. The molecule has 1 saturated heterocycles. The van der Waals surface area contributed by atoms with Gasteiger partial charge in [-0.25, -0.2) is 0 Å². The van der Waals surface area contributed by atoms with Crippen molar-refractivity contribution in [2.75, 3.05) is 25.1 Å². The Morgan fingerprint density at radius 3 is 2.85 bits per heavy atom. The molecular formula is C19H24N2O5. The van der Waals surface area contributed by atoms with Gasteiger partial charge in [0.25, 0.3) is 5.91 Å². The third-order valence-electron chi connectivity index (χ3n) is 4.17. The summed E-state index contributed by atoms with van der Waals surface area (Å²) in [5.41, 5.74) is 1.61. The zero-order chi connectivity index (χ0) is 19.3. The normalized spacial score (nSPS) is 17.6. The highest BCUT2D eigenvalue weighted by Gasteiger charge is 2.38. The Kier molecular flexibility index (Phi) is 6.38. The Morgan fingerprint density at radius 2 is 2.19 bits per heavy atom. The second-order valence-electron chi connectivity index (χ2n) is 6.19. The first-order valence-corrected chi connectivity index (χ1v) is 8.41. The van der Waals surface area contributed by atoms with Crippen molar-refractivity contribution in [3.63, 3.8) is 0 Å². The van der Waals surface area contributed by atoms with Gasteiger partial charge in [-0.2, -0.15) is 0 Å². The molecule has 1 aromatic rings. The van der Waals surface area contributed by atoms with Crippen LogP contribution in [0.5, 0.6) is 5.75 Å². The zero-order valence-electron chi connectivity index (χ0n) is 15.3. The van der Waals surface area contributed by atoms with Crippen LogP contribution in [0.3, 0.4) is 0 Å². The van der Waals surface area contributed by atoms with Gasteiger partial charge in [-0.3, -0.25) is 14.4 Å². The predicted molar refractivity (Wildman–Crippen MR) is 97.0 cm³/mol. The van der Waals surface area contributed by atoms with Crippen molar-refractivity contribution >= 4 is 23.5 Å². The highest BCUT2D eigenvalue weighted by molar-refractivity contribution is 6.00. The summed E-state index contributed by atoms with van der Waals surface area (Å²) >= 11 is 0. The Balaban J connectivity index is 2.05. The van der Waals surface area contributed by atoms with E-state index < -0.39 is 23.9 Å². The topological polar surface area (TPSA) is 84.9 Å². The van der Waals surface area contributed by atoms with Crippen molar-refractivity contribution in [2.45, 2.75) is 26.4 Å². The fraction of sp³-hybridized carbons (Fsp3) is 0.421. The Labute approximate surface area is 153 Å². The molecular weight excluding hydrogens is 336 g/mol. The number of amides is 2. The summed E-state index contributed by atoms with van der Waals surface area (Å²) in [6, 6.07) is 5.52. The van der Waals surface area contributed by atoms with Gasteiger partial charge in [0.05, 0.1) is 18.7 Å². The summed E-state index contributed by atoms with van der Waals surface area (Å²) in [6.45, 7) is 7.40. The first-order valence-electron chi connectivity index (χ1n) is 8.41. The highest BCUT2D eigenvalue weighted by atomic mass is 16.5. The number of nitrogens with one attached hydrogen (secondary N) is 1. The SMILES string of the molecule is C=CCNC(=O)[C@@H](C)OC(=O)[C@@H]1CC(=O)N(c2cc(C)ccc2OC)C1. The lowest BCUT2D eigenvalue weighted by Crippen LogP contribution is -2.37. The van der Waals surface area contributed by atoms with Crippen molar-refractivity contribution in [1.82, 2.24) is 5.32 Å². The van der Waals surface area contributed by atoms with E-state index in [0.717, 1.165) is 5.56 Å². The Bertz CT molecular complexity index is 716. The molecule has 26 heavy (non-hydrogen) atoms. The number of carbonyl (C=O) groups is 3. The van der Waals surface area contributed by atoms with Crippen molar-refractivity contribution in [3.8, 4) is 5.75 Å². The molecule has 7 nitrogen and oxygen atoms in total. The number of anilines is 1. The van der Waals surface area contributed by atoms with Crippen LogP contribution in [0.15, 0.2) is 30.9 Å². The molecule has 2 atom stereocenters. The number of benzene rings is 1. The molecule has 1 aliphatic heterocycles. The molecule has 7 heteroatoms. The molecule has 0 unspecified atom stereocenters. The second-order valence-corrected chi connectivity index (χ2v) is 6.19. The number of methoxy groups -OCH3 is 1. The van der Waals surface area contributed by atoms with Gasteiger partial charge < -0.3 is 19.7 Å². The molecule has 0 aromatic heterocycles. The molecule has 2 rings (SSSR count). The monoisotopic (exact) mass is 360 g/mol. The molecule has 1 N–H and O–H groups in total. The lowest BCUT2D eigenvalue weighted by molar-refractivity contribution is -0.158. The summed E-state index contributed by atoms with van der Waals surface area (Å²) in [7, 11) is 1.53. The lowest BCUT2D eigenvalue weighted by atomic mass is 10.1. The number of hydrogen-bond donors (Lipinski definition) is 1. The number of esters is 1. The van der Waals surface area contributed by atoms with E-state index in [2.05, 4.69) is 11.9 Å². The minimum atomic E-state index is -0.930. The minimum Gasteiger partial charge on any atom is -0.495 e. The van der Waals surface area contributed by atoms with Crippen molar-refractivity contribution in [1.29, 1.82) is 0 Å². The van der Waals surface area contributed by atoms with Crippen molar-refractivity contribution in [3.05, 3.63) is 36.4 Å². The van der Waals surface area contributed by atoms with E-state index in [1.54, 1.807) is 6.07 Å². The highest BCUT2D eigenvalue weighted by Crippen LogP contribution is 2.34. The van der Waals surface area contributed by atoms with Crippen LogP contribution in [-0.4, -0.2) is 44.1 Å². The van der Waals surface area contributed by atoms with E-state index in [1.807, 2.05) is 19.1 Å². The van der Waals surface area contributed by atoms with Crippen LogP contribution in [0.1, 0.15) is 18.9 Å². The van der Waals surface area contributed by atoms with Gasteiger partial charge in [-0.1, -0.05) is 12.1 Å². The van der Waals surface area contributed by atoms with Crippen LogP contribution < -0.4 is 15.0 Å². The van der Waals surface area contributed by atoms with Crippen molar-refractivity contribution in [2.24, 2.45) is 5.92 Å². The molecule has 1 aliphatic rings. The molecule has 1 heterocycles. The molecule has 0 saturated carbocycles. The van der Waals surface area contributed by atoms with Gasteiger partial charge in [0.1, 0.15) is 5.75 Å². The largest absolute Gasteiger partial charge is 0.495 e. The van der Waals surface area contributed by atoms with E-state index in [4.69, 9.17) is 9.47 Å². The van der Waals surface area contributed by atoms with Crippen LogP contribution >= 0.6 is 0 Å². The maximum Gasteiger partial charge on any atom is 0.312 e. The van der Waals surface area contributed by atoms with E-state index in [1.165, 1.54) is 25.0 Å². The fourth-order valence-corrected chi connectivity index (χ4v) is 2.75. The van der Waals surface area contributed by atoms with Gasteiger partial charge in [0.15, 0.2) is 6.10 Å². The Morgan fingerprint density at radius 1 is 1.46 bits per heavy atom. The van der Waals surface area contributed by atoms with Gasteiger partial charge in [0.2, 0.25) is 5.91 Å². The maximum atomic E-state index is 12.4. The lowest BCUT2D eigenvalue weighted by Gasteiger charge is -2.20. The summed E-state index contributed by atoms with van der Waals surface area (Å²) in [5.74, 6) is -1.20. The number of aryl methyl sites for hydroxylation is 1. The molecule has 0 radical (unpaired) electrons. The smallest absolute Gasteiger partial charge is 0.312 e. The first-order chi connectivity index (χ1) is 12.4. The summed E-state index contributed by atoms with van der Waals surface area (Å²) < 4.78 is 10.5. The van der Waals surface area contributed by atoms with Crippen LogP contribution in [0, 0.1) is 12.8 Å². The number of nitrogens with zero attached hydrogens (tertiary/aromatic N) is 1. The average molecular weight is 360 g/mol. The minimum absolute atomic E-state index is 0.0386.